The minimum atomic E-state index is -1.01. The fraction of sp³-hybridized carbons (Fsp3) is 0.167. The fourth-order valence-electron chi connectivity index (χ4n) is 3.37. The molecule has 1 atom stereocenters. The summed E-state index contributed by atoms with van der Waals surface area (Å²) in [5.74, 6) is -2.86. The van der Waals surface area contributed by atoms with Crippen molar-refractivity contribution in [1.29, 1.82) is 0 Å². The van der Waals surface area contributed by atoms with E-state index in [0.717, 1.165) is 29.5 Å². The summed E-state index contributed by atoms with van der Waals surface area (Å²) in [6.07, 6.45) is 0.164. The predicted octanol–water partition coefficient (Wildman–Crippen LogP) is 4.68. The molecule has 1 aromatic heterocycles. The molecule has 0 fully saturated rings. The maximum atomic E-state index is 13.5. The van der Waals surface area contributed by atoms with Gasteiger partial charge in [0.2, 0.25) is 0 Å². The highest BCUT2D eigenvalue weighted by molar-refractivity contribution is 8.00. The normalized spacial score (nSPS) is 12.1. The molecular formula is C24H19F2N3O3S. The molecule has 0 aliphatic carbocycles. The highest BCUT2D eigenvalue weighted by atomic mass is 32.2. The number of carbonyl (C=O) groups is 1. The van der Waals surface area contributed by atoms with E-state index >= 15 is 0 Å². The number of aryl methyl sites for hydroxylation is 2. The van der Waals surface area contributed by atoms with Crippen LogP contribution in [0, 0.1) is 18.6 Å². The van der Waals surface area contributed by atoms with Gasteiger partial charge in [-0.25, -0.2) is 13.5 Å². The number of carboxylic acids is 1. The Morgan fingerprint density at radius 1 is 1.03 bits per heavy atom. The Bertz CT molecular complexity index is 1390. The van der Waals surface area contributed by atoms with Gasteiger partial charge in [-0.2, -0.15) is 0 Å². The third kappa shape index (κ3) is 5.09. The first-order chi connectivity index (χ1) is 15.8. The van der Waals surface area contributed by atoms with Gasteiger partial charge in [0, 0.05) is 11.4 Å². The molecule has 3 aromatic carbocycles. The van der Waals surface area contributed by atoms with Crippen molar-refractivity contribution < 1.29 is 18.7 Å². The highest BCUT2D eigenvalue weighted by Crippen LogP contribution is 2.29. The average Bonchev–Trinajstić information content (AvgIpc) is 2.80. The van der Waals surface area contributed by atoms with Crippen molar-refractivity contribution in [1.82, 2.24) is 15.0 Å². The van der Waals surface area contributed by atoms with E-state index in [1.807, 2.05) is 13.0 Å². The quantitative estimate of drug-likeness (QED) is 0.397. The van der Waals surface area contributed by atoms with Crippen molar-refractivity contribution in [2.45, 2.75) is 30.0 Å². The van der Waals surface area contributed by atoms with Gasteiger partial charge in [0.25, 0.3) is 5.56 Å². The van der Waals surface area contributed by atoms with Gasteiger partial charge in [-0.3, -0.25) is 9.59 Å². The van der Waals surface area contributed by atoms with E-state index in [1.165, 1.54) is 10.7 Å². The summed E-state index contributed by atoms with van der Waals surface area (Å²) in [5, 5.41) is 17.3. The summed E-state index contributed by atoms with van der Waals surface area (Å²) in [4.78, 5) is 25.2. The molecule has 0 radical (unpaired) electrons. The zero-order valence-electron chi connectivity index (χ0n) is 17.5. The number of aliphatic carboxylic acids is 1. The number of nitrogens with zero attached hydrogens (tertiary/aromatic N) is 3. The lowest BCUT2D eigenvalue weighted by atomic mass is 10.1. The topological polar surface area (TPSA) is 85.1 Å². The first kappa shape index (κ1) is 22.6. The minimum absolute atomic E-state index is 0.104. The number of hydrogen-bond acceptors (Lipinski definition) is 5. The smallest absolute Gasteiger partial charge is 0.317 e. The lowest BCUT2D eigenvalue weighted by molar-refractivity contribution is -0.136. The van der Waals surface area contributed by atoms with Gasteiger partial charge in [0.05, 0.1) is 5.39 Å². The molecule has 6 nitrogen and oxygen atoms in total. The van der Waals surface area contributed by atoms with E-state index in [4.69, 9.17) is 0 Å². The first-order valence-corrected chi connectivity index (χ1v) is 11.0. The number of carboxylic acid groups (broad SMARTS) is 1. The average molecular weight is 467 g/mol. The van der Waals surface area contributed by atoms with Crippen LogP contribution in [-0.4, -0.2) is 31.3 Å². The van der Waals surface area contributed by atoms with Crippen molar-refractivity contribution >= 4 is 28.6 Å². The van der Waals surface area contributed by atoms with Gasteiger partial charge in [-0.1, -0.05) is 35.0 Å². The lowest BCUT2D eigenvalue weighted by Crippen LogP contribution is -2.27. The Balaban J connectivity index is 1.48. The Morgan fingerprint density at radius 3 is 2.45 bits per heavy atom. The monoisotopic (exact) mass is 467 g/mol. The van der Waals surface area contributed by atoms with Crippen molar-refractivity contribution in [3.63, 3.8) is 0 Å². The predicted molar refractivity (Wildman–Crippen MR) is 122 cm³/mol. The molecule has 0 bridgehead atoms. The van der Waals surface area contributed by atoms with Gasteiger partial charge >= 0.3 is 5.97 Å². The minimum Gasteiger partial charge on any atom is -0.480 e. The lowest BCUT2D eigenvalue weighted by Gasteiger charge is -2.13. The van der Waals surface area contributed by atoms with Crippen molar-refractivity contribution in [2.75, 3.05) is 0 Å². The highest BCUT2D eigenvalue weighted by Gasteiger charge is 2.20. The van der Waals surface area contributed by atoms with Crippen molar-refractivity contribution in [3.05, 3.63) is 88.2 Å². The van der Waals surface area contributed by atoms with Crippen LogP contribution < -0.4 is 5.56 Å². The number of halogens is 2. The van der Waals surface area contributed by atoms with Crippen LogP contribution in [-0.2, 0) is 11.3 Å². The molecule has 1 unspecified atom stereocenters. The molecule has 0 saturated heterocycles. The second-order valence-corrected chi connectivity index (χ2v) is 8.80. The summed E-state index contributed by atoms with van der Waals surface area (Å²) in [5.41, 5.74) is 2.30. The van der Waals surface area contributed by atoms with Gasteiger partial charge < -0.3 is 5.11 Å². The number of hydrogen-bond donors (Lipinski definition) is 1. The summed E-state index contributed by atoms with van der Waals surface area (Å²) in [6.45, 7) is 1.98. The molecule has 4 aromatic rings. The molecule has 0 amide bonds. The zero-order chi connectivity index (χ0) is 23.5. The molecule has 0 spiro atoms. The number of benzene rings is 3. The zero-order valence-corrected chi connectivity index (χ0v) is 18.4. The molecule has 1 N–H and O–H groups in total. The molecule has 168 valence electrons. The Labute approximate surface area is 191 Å². The van der Waals surface area contributed by atoms with Gasteiger partial charge in [-0.15, -0.1) is 16.9 Å². The second kappa shape index (κ2) is 9.50. The maximum Gasteiger partial charge on any atom is 0.317 e. The Hall–Kier alpha value is -3.59. The van der Waals surface area contributed by atoms with Crippen LogP contribution in [0.2, 0.25) is 0 Å². The number of fused-ring (bicyclic) bond motifs is 1. The van der Waals surface area contributed by atoms with Crippen molar-refractivity contribution in [3.8, 4) is 11.1 Å². The largest absolute Gasteiger partial charge is 0.480 e. The molecule has 0 aliphatic heterocycles. The summed E-state index contributed by atoms with van der Waals surface area (Å²) in [7, 11) is 0. The summed E-state index contributed by atoms with van der Waals surface area (Å²) < 4.78 is 27.8. The van der Waals surface area contributed by atoms with Crippen LogP contribution in [0.15, 0.2) is 70.4 Å². The van der Waals surface area contributed by atoms with Gasteiger partial charge in [-0.05, 0) is 60.9 Å². The van der Waals surface area contributed by atoms with Crippen LogP contribution in [0.4, 0.5) is 8.78 Å². The molecule has 0 saturated carbocycles. The van der Waals surface area contributed by atoms with Gasteiger partial charge in [0.15, 0.2) is 11.6 Å². The SMILES string of the molecule is Cc1ccc2nnn(CCC(Sc3ccc(-c4ccc(F)c(F)c4)cc3)C(=O)O)c(=O)c2c1. The van der Waals surface area contributed by atoms with Crippen LogP contribution in [0.3, 0.4) is 0 Å². The number of aromatic nitrogens is 3. The molecule has 4 rings (SSSR count). The van der Waals surface area contributed by atoms with Crippen LogP contribution in [0.1, 0.15) is 12.0 Å². The van der Waals surface area contributed by atoms with E-state index < -0.39 is 22.9 Å². The molecule has 9 heteroatoms. The summed E-state index contributed by atoms with van der Waals surface area (Å²) >= 11 is 1.14. The van der Waals surface area contributed by atoms with Crippen LogP contribution >= 0.6 is 11.8 Å². The van der Waals surface area contributed by atoms with E-state index in [-0.39, 0.29) is 18.5 Å². The van der Waals surface area contributed by atoms with E-state index in [1.54, 1.807) is 36.4 Å². The summed E-state index contributed by atoms with van der Waals surface area (Å²) in [6, 6.07) is 15.8. The number of rotatable bonds is 7. The standard InChI is InChI=1S/C24H19F2N3O3S/c1-14-2-9-21-18(12-14)23(30)29(28-27-21)11-10-22(24(31)32)33-17-6-3-15(4-7-17)16-5-8-19(25)20(26)13-16/h2-9,12-13,22H,10-11H2,1H3,(H,31,32). The van der Waals surface area contributed by atoms with E-state index in [0.29, 0.717) is 26.9 Å². The Kier molecular flexibility index (Phi) is 6.50. The third-order valence-corrected chi connectivity index (χ3v) is 6.41. The fourth-order valence-corrected chi connectivity index (χ4v) is 4.32. The van der Waals surface area contributed by atoms with Crippen LogP contribution in [0.25, 0.3) is 22.0 Å². The van der Waals surface area contributed by atoms with Crippen molar-refractivity contribution in [2.24, 2.45) is 0 Å². The maximum absolute atomic E-state index is 13.5. The van der Waals surface area contributed by atoms with E-state index in [2.05, 4.69) is 10.3 Å². The Morgan fingerprint density at radius 2 is 1.76 bits per heavy atom. The molecule has 1 heterocycles. The molecule has 33 heavy (non-hydrogen) atoms. The van der Waals surface area contributed by atoms with Gasteiger partial charge in [0.1, 0.15) is 10.8 Å². The second-order valence-electron chi connectivity index (χ2n) is 7.53. The molecular weight excluding hydrogens is 448 g/mol. The van der Waals surface area contributed by atoms with E-state index in [9.17, 15) is 23.5 Å². The molecule has 0 aliphatic rings. The number of thioether (sulfide) groups is 1. The van der Waals surface area contributed by atoms with Crippen LogP contribution in [0.5, 0.6) is 0 Å². The first-order valence-electron chi connectivity index (χ1n) is 10.1. The third-order valence-electron chi connectivity index (χ3n) is 5.14.